The second-order valence-electron chi connectivity index (χ2n) is 11.1. The van der Waals surface area contributed by atoms with Gasteiger partial charge in [-0.3, -0.25) is 0 Å². The fraction of sp³-hybridized carbons (Fsp3) is 1.00. The van der Waals surface area contributed by atoms with E-state index in [1.165, 1.54) is 0 Å². The molecule has 13 N–H and O–H groups in total. The highest BCUT2D eigenvalue weighted by Crippen LogP contribution is 2.31. The predicted molar refractivity (Wildman–Crippen MR) is 133 cm³/mol. The zero-order valence-corrected chi connectivity index (χ0v) is 23.2. The van der Waals surface area contributed by atoms with Crippen LogP contribution in [-0.4, -0.2) is 216 Å². The van der Waals surface area contributed by atoms with E-state index in [0.717, 1.165) is 0 Å². The van der Waals surface area contributed by atoms with Crippen LogP contribution in [0.4, 0.5) is 0 Å². The maximum absolute atomic E-state index is 10.7. The van der Waals surface area contributed by atoms with Crippen molar-refractivity contribution in [1.82, 2.24) is 0 Å². The molecule has 0 aromatic rings. The zero-order valence-electron chi connectivity index (χ0n) is 23.2. The fourth-order valence-corrected chi connectivity index (χ4v) is 5.36. The van der Waals surface area contributed by atoms with Crippen molar-refractivity contribution in [3.8, 4) is 0 Å². The van der Waals surface area contributed by atoms with Gasteiger partial charge < -0.3 is 99.5 Å². The molecule has 258 valence electrons. The Balaban J connectivity index is 1.43. The summed E-state index contributed by atoms with van der Waals surface area (Å²) in [5, 5.41) is 131. The molecule has 19 atom stereocenters. The number of hydrogen-bond donors (Lipinski definition) is 13. The minimum Gasteiger partial charge on any atom is -0.394 e. The normalized spacial score (nSPS) is 51.9. The lowest BCUT2D eigenvalue weighted by Gasteiger charge is -2.46. The molecule has 0 aliphatic carbocycles. The van der Waals surface area contributed by atoms with E-state index >= 15 is 0 Å². The van der Waals surface area contributed by atoms with Crippen LogP contribution in [-0.2, 0) is 33.2 Å². The van der Waals surface area contributed by atoms with Crippen LogP contribution in [0.5, 0.6) is 0 Å². The van der Waals surface area contributed by atoms with Gasteiger partial charge in [-0.05, 0) is 0 Å². The van der Waals surface area contributed by atoms with E-state index in [9.17, 15) is 66.4 Å². The van der Waals surface area contributed by atoms with Crippen LogP contribution in [0.25, 0.3) is 0 Å². The first kappa shape index (κ1) is 36.0. The summed E-state index contributed by atoms with van der Waals surface area (Å²) in [4.78, 5) is 0. The van der Waals surface area contributed by atoms with Crippen molar-refractivity contribution < 1.29 is 99.5 Å². The van der Waals surface area contributed by atoms with E-state index in [0.29, 0.717) is 0 Å². The molecular formula is C24H42O20. The summed E-state index contributed by atoms with van der Waals surface area (Å²) >= 11 is 0. The minimum atomic E-state index is -1.90. The smallest absolute Gasteiger partial charge is 0.187 e. The molecule has 4 saturated heterocycles. The van der Waals surface area contributed by atoms with Gasteiger partial charge in [0.05, 0.1) is 33.0 Å². The molecule has 0 amide bonds. The van der Waals surface area contributed by atoms with E-state index in [1.54, 1.807) is 0 Å². The van der Waals surface area contributed by atoms with Crippen LogP contribution in [0.1, 0.15) is 0 Å². The van der Waals surface area contributed by atoms with Crippen LogP contribution in [0, 0.1) is 0 Å². The SMILES string of the molecule is OC[C@H]1O[C@H](O[C@@H]2[C@@H](OC[C@H]3O[C@H](OC[C@@H]4O[C@H](CO)[C@@H](O)[C@@H]4O)[C@@H](O)[C@@H](O)[C@@H]3O)O[C@H](CO)[C@@H](O)[C@@H]2O)[C@@H](O)[C@@H](O)[C@@H]1O. The van der Waals surface area contributed by atoms with E-state index in [2.05, 4.69) is 0 Å². The summed E-state index contributed by atoms with van der Waals surface area (Å²) in [7, 11) is 0. The second kappa shape index (κ2) is 15.4. The molecule has 0 aromatic carbocycles. The van der Waals surface area contributed by atoms with Gasteiger partial charge in [0.1, 0.15) is 97.7 Å². The number of ether oxygens (including phenoxy) is 7. The van der Waals surface area contributed by atoms with Crippen LogP contribution in [0.2, 0.25) is 0 Å². The zero-order chi connectivity index (χ0) is 32.5. The summed E-state index contributed by atoms with van der Waals surface area (Å²) in [5.74, 6) is 0. The molecule has 4 aliphatic rings. The molecule has 4 heterocycles. The Kier molecular flexibility index (Phi) is 12.6. The maximum Gasteiger partial charge on any atom is 0.187 e. The van der Waals surface area contributed by atoms with Crippen molar-refractivity contribution in [2.45, 2.75) is 117 Å². The molecule has 0 aromatic heterocycles. The monoisotopic (exact) mass is 650 g/mol. The van der Waals surface area contributed by atoms with Crippen molar-refractivity contribution in [2.24, 2.45) is 0 Å². The van der Waals surface area contributed by atoms with Crippen LogP contribution in [0.3, 0.4) is 0 Å². The lowest BCUT2D eigenvalue weighted by molar-refractivity contribution is -0.373. The second-order valence-corrected chi connectivity index (χ2v) is 11.1. The Morgan fingerprint density at radius 2 is 0.727 bits per heavy atom. The van der Waals surface area contributed by atoms with Crippen molar-refractivity contribution in [3.63, 3.8) is 0 Å². The third kappa shape index (κ3) is 7.35. The Morgan fingerprint density at radius 1 is 0.364 bits per heavy atom. The van der Waals surface area contributed by atoms with E-state index in [1.807, 2.05) is 0 Å². The average Bonchev–Trinajstić information content (AvgIpc) is 3.29. The Morgan fingerprint density at radius 3 is 1.27 bits per heavy atom. The number of aliphatic hydroxyl groups is 13. The molecule has 4 fully saturated rings. The van der Waals surface area contributed by atoms with Crippen LogP contribution >= 0.6 is 0 Å². The lowest BCUT2D eigenvalue weighted by atomic mass is 9.97. The van der Waals surface area contributed by atoms with Gasteiger partial charge in [-0.15, -0.1) is 0 Å². The fourth-order valence-electron chi connectivity index (χ4n) is 5.36. The highest BCUT2D eigenvalue weighted by Gasteiger charge is 2.52. The summed E-state index contributed by atoms with van der Waals surface area (Å²) in [6.45, 7) is -3.31. The van der Waals surface area contributed by atoms with Gasteiger partial charge in [0.15, 0.2) is 18.9 Å². The average molecular weight is 651 g/mol. The predicted octanol–water partition coefficient (Wildman–Crippen LogP) is -9.07. The molecule has 20 heteroatoms. The highest BCUT2D eigenvalue weighted by molar-refractivity contribution is 4.95. The van der Waals surface area contributed by atoms with E-state index in [-0.39, 0.29) is 0 Å². The maximum atomic E-state index is 10.7. The molecule has 4 rings (SSSR count). The molecule has 20 nitrogen and oxygen atoms in total. The molecule has 44 heavy (non-hydrogen) atoms. The third-order valence-corrected chi connectivity index (χ3v) is 8.12. The van der Waals surface area contributed by atoms with Crippen molar-refractivity contribution in [3.05, 3.63) is 0 Å². The molecule has 4 aliphatic heterocycles. The Hall–Kier alpha value is -0.800. The van der Waals surface area contributed by atoms with Crippen LogP contribution in [0.15, 0.2) is 0 Å². The Labute approximate surface area is 249 Å². The molecule has 0 unspecified atom stereocenters. The molecule has 0 radical (unpaired) electrons. The van der Waals surface area contributed by atoms with E-state index in [4.69, 9.17) is 33.2 Å². The van der Waals surface area contributed by atoms with Gasteiger partial charge >= 0.3 is 0 Å². The molecule has 0 spiro atoms. The van der Waals surface area contributed by atoms with E-state index < -0.39 is 150 Å². The van der Waals surface area contributed by atoms with Crippen molar-refractivity contribution >= 4 is 0 Å². The summed E-state index contributed by atoms with van der Waals surface area (Å²) in [6, 6.07) is 0. The van der Waals surface area contributed by atoms with Crippen molar-refractivity contribution in [1.29, 1.82) is 0 Å². The lowest BCUT2D eigenvalue weighted by Crippen LogP contribution is -2.65. The number of rotatable bonds is 11. The molecule has 0 saturated carbocycles. The summed E-state index contributed by atoms with van der Waals surface area (Å²) < 4.78 is 38.2. The number of hydrogen-bond acceptors (Lipinski definition) is 20. The van der Waals surface area contributed by atoms with Crippen molar-refractivity contribution in [2.75, 3.05) is 33.0 Å². The quantitative estimate of drug-likeness (QED) is 0.0987. The summed E-state index contributed by atoms with van der Waals surface area (Å²) in [6.07, 6.45) is -30.7. The van der Waals surface area contributed by atoms with Gasteiger partial charge in [-0.25, -0.2) is 0 Å². The summed E-state index contributed by atoms with van der Waals surface area (Å²) in [5.41, 5.74) is 0. The molecular weight excluding hydrogens is 608 g/mol. The first-order chi connectivity index (χ1) is 20.8. The van der Waals surface area contributed by atoms with Gasteiger partial charge in [-0.1, -0.05) is 0 Å². The first-order valence-electron chi connectivity index (χ1n) is 14.0. The number of aliphatic hydroxyl groups excluding tert-OH is 13. The topological polar surface area (TPSA) is 328 Å². The van der Waals surface area contributed by atoms with Gasteiger partial charge in [0.2, 0.25) is 0 Å². The van der Waals surface area contributed by atoms with Crippen LogP contribution < -0.4 is 0 Å². The first-order valence-corrected chi connectivity index (χ1v) is 14.0. The third-order valence-electron chi connectivity index (χ3n) is 8.12. The molecule has 0 bridgehead atoms. The Bertz CT molecular complexity index is 885. The van der Waals surface area contributed by atoms with Gasteiger partial charge in [-0.2, -0.15) is 0 Å². The minimum absolute atomic E-state index is 0.476. The standard InChI is InChI=1S/C24H42O20/c25-1-6-11(28)14(31)9(40-6)4-38-22-19(36)17(34)15(32)10(43-22)5-39-24-21(18(35)13(30)8(3-27)42-24)44-23-20(37)16(33)12(29)7(2-26)41-23/h6-37H,1-5H2/t6-,7-,8-,9+,10-,11-,12-,13-,14-,15-,16+,17+,18+,19+,20+,21+,22+,23-,24+/m1/s1. The van der Waals surface area contributed by atoms with Gasteiger partial charge in [0.25, 0.3) is 0 Å². The van der Waals surface area contributed by atoms with Gasteiger partial charge in [0, 0.05) is 0 Å². The highest BCUT2D eigenvalue weighted by atomic mass is 16.8. The largest absolute Gasteiger partial charge is 0.394 e.